The summed E-state index contributed by atoms with van der Waals surface area (Å²) >= 11 is 0. The third-order valence-corrected chi connectivity index (χ3v) is 5.98. The van der Waals surface area contributed by atoms with E-state index in [1.54, 1.807) is 24.5 Å². The van der Waals surface area contributed by atoms with Crippen molar-refractivity contribution in [1.29, 1.82) is 0 Å². The van der Waals surface area contributed by atoms with Gasteiger partial charge in [0.15, 0.2) is 11.5 Å². The molecule has 1 amide bonds. The van der Waals surface area contributed by atoms with Crippen molar-refractivity contribution in [3.8, 4) is 11.5 Å². The van der Waals surface area contributed by atoms with Gasteiger partial charge >= 0.3 is 0 Å². The lowest BCUT2D eigenvalue weighted by molar-refractivity contribution is 0.0746. The number of aromatic nitrogens is 2. The van der Waals surface area contributed by atoms with Crippen LogP contribution in [0.15, 0.2) is 30.6 Å². The SMILES string of the molecule is CN1CCN(c2cc(N3CCN(C(=O)c4ccc5c(c4)OCO5)CC3)ncn2)CC1. The molecule has 3 aliphatic rings. The molecule has 158 valence electrons. The second-order valence-corrected chi connectivity index (χ2v) is 7.87. The van der Waals surface area contributed by atoms with Crippen molar-refractivity contribution in [2.45, 2.75) is 0 Å². The molecule has 1 aromatic heterocycles. The zero-order valence-corrected chi connectivity index (χ0v) is 17.2. The van der Waals surface area contributed by atoms with E-state index in [0.29, 0.717) is 30.2 Å². The van der Waals surface area contributed by atoms with Gasteiger partial charge in [-0.3, -0.25) is 4.79 Å². The Bertz CT molecular complexity index is 923. The first kappa shape index (κ1) is 18.9. The van der Waals surface area contributed by atoms with Crippen LogP contribution in [-0.2, 0) is 0 Å². The minimum Gasteiger partial charge on any atom is -0.454 e. The van der Waals surface area contributed by atoms with Crippen LogP contribution in [0.25, 0.3) is 0 Å². The van der Waals surface area contributed by atoms with Crippen LogP contribution in [0.1, 0.15) is 10.4 Å². The lowest BCUT2D eigenvalue weighted by atomic mass is 10.1. The molecular formula is C21H26N6O3. The fourth-order valence-electron chi connectivity index (χ4n) is 4.07. The van der Waals surface area contributed by atoms with Crippen LogP contribution < -0.4 is 19.3 Å². The van der Waals surface area contributed by atoms with Crippen LogP contribution >= 0.6 is 0 Å². The van der Waals surface area contributed by atoms with Crippen molar-refractivity contribution in [1.82, 2.24) is 19.8 Å². The van der Waals surface area contributed by atoms with Crippen LogP contribution in [0.2, 0.25) is 0 Å². The number of amides is 1. The highest BCUT2D eigenvalue weighted by atomic mass is 16.7. The minimum atomic E-state index is 0.0220. The van der Waals surface area contributed by atoms with Gasteiger partial charge in [-0.25, -0.2) is 9.97 Å². The first-order valence-corrected chi connectivity index (χ1v) is 10.4. The Hall–Kier alpha value is -3.07. The number of hydrogen-bond donors (Lipinski definition) is 0. The van der Waals surface area contributed by atoms with Crippen molar-refractivity contribution in [2.24, 2.45) is 0 Å². The molecule has 0 saturated carbocycles. The number of hydrogen-bond acceptors (Lipinski definition) is 8. The quantitative estimate of drug-likeness (QED) is 0.740. The number of benzene rings is 1. The Kier molecular flexibility index (Phi) is 5.04. The van der Waals surface area contributed by atoms with Gasteiger partial charge in [0.25, 0.3) is 5.91 Å². The molecule has 1 aromatic carbocycles. The van der Waals surface area contributed by atoms with Gasteiger partial charge in [0.1, 0.15) is 18.0 Å². The molecule has 30 heavy (non-hydrogen) atoms. The maximum absolute atomic E-state index is 12.9. The average Bonchev–Trinajstić information content (AvgIpc) is 3.27. The topological polar surface area (TPSA) is 74.3 Å². The van der Waals surface area contributed by atoms with E-state index in [0.717, 1.165) is 50.9 Å². The summed E-state index contributed by atoms with van der Waals surface area (Å²) in [4.78, 5) is 30.6. The summed E-state index contributed by atoms with van der Waals surface area (Å²) in [5, 5.41) is 0. The van der Waals surface area contributed by atoms with Gasteiger partial charge in [-0.15, -0.1) is 0 Å². The van der Waals surface area contributed by atoms with Crippen molar-refractivity contribution in [2.75, 3.05) is 76.0 Å². The lowest BCUT2D eigenvalue weighted by Gasteiger charge is -2.36. The van der Waals surface area contributed by atoms with E-state index in [2.05, 4.69) is 37.8 Å². The molecule has 0 aliphatic carbocycles. The molecule has 0 atom stereocenters. The molecule has 4 heterocycles. The molecule has 0 spiro atoms. The second kappa shape index (κ2) is 7.98. The zero-order valence-electron chi connectivity index (χ0n) is 17.2. The number of carbonyl (C=O) groups is 1. The summed E-state index contributed by atoms with van der Waals surface area (Å²) in [7, 11) is 2.15. The Morgan fingerprint density at radius 3 is 2.17 bits per heavy atom. The largest absolute Gasteiger partial charge is 0.454 e. The van der Waals surface area contributed by atoms with E-state index in [-0.39, 0.29) is 12.7 Å². The number of likely N-dealkylation sites (N-methyl/N-ethyl adjacent to an activating group) is 1. The molecule has 0 N–H and O–H groups in total. The summed E-state index contributed by atoms with van der Waals surface area (Å²) < 4.78 is 10.7. The Morgan fingerprint density at radius 2 is 1.47 bits per heavy atom. The van der Waals surface area contributed by atoms with Gasteiger partial charge < -0.3 is 29.1 Å². The molecule has 2 fully saturated rings. The Balaban J connectivity index is 1.22. The van der Waals surface area contributed by atoms with Crippen LogP contribution in [0.5, 0.6) is 11.5 Å². The first-order valence-electron chi connectivity index (χ1n) is 10.4. The number of ether oxygens (including phenoxy) is 2. The fraction of sp³-hybridized carbons (Fsp3) is 0.476. The van der Waals surface area contributed by atoms with Crippen LogP contribution in [0.4, 0.5) is 11.6 Å². The average molecular weight is 410 g/mol. The summed E-state index contributed by atoms with van der Waals surface area (Å²) in [6.07, 6.45) is 1.65. The van der Waals surface area contributed by atoms with E-state index < -0.39 is 0 Å². The molecule has 0 radical (unpaired) electrons. The molecule has 9 heteroatoms. The maximum atomic E-state index is 12.9. The van der Waals surface area contributed by atoms with Gasteiger partial charge in [0.05, 0.1) is 0 Å². The highest BCUT2D eigenvalue weighted by Gasteiger charge is 2.25. The van der Waals surface area contributed by atoms with E-state index in [9.17, 15) is 4.79 Å². The van der Waals surface area contributed by atoms with Crippen LogP contribution in [0, 0.1) is 0 Å². The Morgan fingerprint density at radius 1 is 0.833 bits per heavy atom. The standard InChI is InChI=1S/C21H26N6O3/c1-24-4-6-25(7-5-24)19-13-20(23-14-22-19)26-8-10-27(11-9-26)21(28)16-2-3-17-18(12-16)30-15-29-17/h2-3,12-14H,4-11,15H2,1H3. The highest BCUT2D eigenvalue weighted by molar-refractivity contribution is 5.95. The van der Waals surface area contributed by atoms with Crippen molar-refractivity contribution < 1.29 is 14.3 Å². The van der Waals surface area contributed by atoms with Gasteiger partial charge in [0, 0.05) is 64.0 Å². The van der Waals surface area contributed by atoms with Crippen molar-refractivity contribution in [3.63, 3.8) is 0 Å². The van der Waals surface area contributed by atoms with E-state index in [1.165, 1.54) is 0 Å². The van der Waals surface area contributed by atoms with E-state index >= 15 is 0 Å². The van der Waals surface area contributed by atoms with Crippen molar-refractivity contribution >= 4 is 17.5 Å². The molecular weight excluding hydrogens is 384 g/mol. The number of rotatable bonds is 3. The molecule has 0 bridgehead atoms. The van der Waals surface area contributed by atoms with Crippen LogP contribution in [-0.4, -0.2) is 91.9 Å². The summed E-state index contributed by atoms with van der Waals surface area (Å²) in [5.74, 6) is 3.25. The maximum Gasteiger partial charge on any atom is 0.254 e. The second-order valence-electron chi connectivity index (χ2n) is 7.87. The van der Waals surface area contributed by atoms with Crippen LogP contribution in [0.3, 0.4) is 0 Å². The Labute approximate surface area is 175 Å². The third kappa shape index (κ3) is 3.72. The summed E-state index contributed by atoms with van der Waals surface area (Å²) in [6.45, 7) is 7.05. The lowest BCUT2D eigenvalue weighted by Crippen LogP contribution is -2.49. The third-order valence-electron chi connectivity index (χ3n) is 5.98. The van der Waals surface area contributed by atoms with E-state index in [4.69, 9.17) is 9.47 Å². The zero-order chi connectivity index (χ0) is 20.5. The predicted molar refractivity (Wildman–Crippen MR) is 112 cm³/mol. The monoisotopic (exact) mass is 410 g/mol. The number of anilines is 2. The smallest absolute Gasteiger partial charge is 0.254 e. The fourth-order valence-corrected chi connectivity index (χ4v) is 4.07. The van der Waals surface area contributed by atoms with Gasteiger partial charge in [-0.1, -0.05) is 0 Å². The molecule has 3 aliphatic heterocycles. The normalized spacial score (nSPS) is 19.3. The van der Waals surface area contributed by atoms with Crippen molar-refractivity contribution in [3.05, 3.63) is 36.2 Å². The van der Waals surface area contributed by atoms with Gasteiger partial charge in [-0.05, 0) is 25.2 Å². The van der Waals surface area contributed by atoms with E-state index in [1.807, 2.05) is 4.90 Å². The molecule has 2 saturated heterocycles. The first-order chi connectivity index (χ1) is 14.7. The number of fused-ring (bicyclic) bond motifs is 1. The number of nitrogens with zero attached hydrogens (tertiary/aromatic N) is 6. The summed E-state index contributed by atoms with van der Waals surface area (Å²) in [5.41, 5.74) is 0.632. The van der Waals surface area contributed by atoms with Gasteiger partial charge in [0.2, 0.25) is 6.79 Å². The number of carbonyl (C=O) groups excluding carboxylic acids is 1. The predicted octanol–water partition coefficient (Wildman–Crippen LogP) is 0.920. The summed E-state index contributed by atoms with van der Waals surface area (Å²) in [6, 6.07) is 7.44. The van der Waals surface area contributed by atoms with Gasteiger partial charge in [-0.2, -0.15) is 0 Å². The molecule has 9 nitrogen and oxygen atoms in total. The minimum absolute atomic E-state index is 0.0220. The molecule has 5 rings (SSSR count). The molecule has 2 aromatic rings. The molecule has 0 unspecified atom stereocenters. The highest BCUT2D eigenvalue weighted by Crippen LogP contribution is 2.33. The number of piperazine rings is 2.